The molecule has 1 radical (unpaired) electrons. The maximum atomic E-state index is 4.94. The van der Waals surface area contributed by atoms with Gasteiger partial charge in [0.05, 0.1) is 17.1 Å². The molecule has 0 saturated carbocycles. The van der Waals surface area contributed by atoms with Gasteiger partial charge in [0.1, 0.15) is 0 Å². The Labute approximate surface area is 169 Å². The van der Waals surface area contributed by atoms with Crippen LogP contribution in [0.3, 0.4) is 0 Å². The molecule has 0 spiro atoms. The van der Waals surface area contributed by atoms with Crippen molar-refractivity contribution in [1.29, 1.82) is 0 Å². The van der Waals surface area contributed by atoms with E-state index in [9.17, 15) is 0 Å². The third-order valence-corrected chi connectivity index (χ3v) is 6.14. The largest absolute Gasteiger partial charge is 0.422 e. The summed E-state index contributed by atoms with van der Waals surface area (Å²) in [6.07, 6.45) is 2.91. The molecular weight excluding hydrogens is 347 g/mol. The van der Waals surface area contributed by atoms with E-state index in [1.54, 1.807) is 0 Å². The fourth-order valence-electron chi connectivity index (χ4n) is 4.61. The molecule has 0 N–H and O–H groups in total. The predicted octanol–water partition coefficient (Wildman–Crippen LogP) is 3.74. The average Bonchev–Trinajstić information content (AvgIpc) is 3.20. The van der Waals surface area contributed by atoms with Gasteiger partial charge in [-0.3, -0.25) is 0 Å². The Balaban J connectivity index is 2.33. The van der Waals surface area contributed by atoms with Gasteiger partial charge in [-0.2, -0.15) is 0 Å². The van der Waals surface area contributed by atoms with E-state index >= 15 is 0 Å². The summed E-state index contributed by atoms with van der Waals surface area (Å²) in [7, 11) is -0.239. The van der Waals surface area contributed by atoms with Crippen LogP contribution in [0.25, 0.3) is 0 Å². The third-order valence-electron chi connectivity index (χ3n) is 6.14. The molecule has 151 valence electrons. The van der Waals surface area contributed by atoms with Crippen molar-refractivity contribution in [2.75, 3.05) is 0 Å². The molecule has 3 aromatic rings. The SMILES string of the molecule is CCc1c(C)nn([B-](n2nc(C)c(CC)c2C)n2nc(C)c(CC)c2C)c1C. The van der Waals surface area contributed by atoms with Gasteiger partial charge in [-0.1, -0.05) is 20.8 Å². The summed E-state index contributed by atoms with van der Waals surface area (Å²) in [6, 6.07) is 0. The van der Waals surface area contributed by atoms with Gasteiger partial charge in [-0.15, -0.1) is 0 Å². The van der Waals surface area contributed by atoms with Crippen LogP contribution in [0.5, 0.6) is 0 Å². The standard InChI is InChI=1S/C21H33BN6/c1-10-19-13(4)23-26(16(19)7)22(27-17(8)20(11-2)14(5)24-27)28-18(9)21(12-3)15(6)25-28/h10-12H2,1-9H3/q-1. The predicted molar refractivity (Wildman–Crippen MR) is 115 cm³/mol. The van der Waals surface area contributed by atoms with E-state index in [1.807, 2.05) is 0 Å². The topological polar surface area (TPSA) is 53.5 Å². The molecule has 3 heterocycles. The zero-order valence-corrected chi connectivity index (χ0v) is 18.9. The van der Waals surface area contributed by atoms with Crippen LogP contribution >= 0.6 is 0 Å². The lowest BCUT2D eigenvalue weighted by Gasteiger charge is -2.34. The van der Waals surface area contributed by atoms with E-state index in [4.69, 9.17) is 15.3 Å². The summed E-state index contributed by atoms with van der Waals surface area (Å²) in [5.41, 5.74) is 10.7. The number of aryl methyl sites for hydroxylation is 3. The van der Waals surface area contributed by atoms with Crippen LogP contribution in [0.2, 0.25) is 0 Å². The number of hydrogen-bond acceptors (Lipinski definition) is 3. The van der Waals surface area contributed by atoms with Crippen molar-refractivity contribution in [3.05, 3.63) is 50.9 Å². The Kier molecular flexibility index (Phi) is 5.55. The highest BCUT2D eigenvalue weighted by molar-refractivity contribution is 6.53. The van der Waals surface area contributed by atoms with Crippen LogP contribution in [-0.4, -0.2) is 36.2 Å². The van der Waals surface area contributed by atoms with Crippen LogP contribution in [0, 0.1) is 41.5 Å². The van der Waals surface area contributed by atoms with Crippen molar-refractivity contribution >= 4 is 7.12 Å². The fourth-order valence-corrected chi connectivity index (χ4v) is 4.61. The molecule has 0 atom stereocenters. The molecule has 6 nitrogen and oxygen atoms in total. The molecule has 28 heavy (non-hydrogen) atoms. The highest BCUT2D eigenvalue weighted by atomic mass is 15.5. The smallest absolute Gasteiger partial charge is 0.261 e. The molecule has 3 rings (SSSR count). The average molecular weight is 380 g/mol. The fraction of sp³-hybridized carbons (Fsp3) is 0.571. The van der Waals surface area contributed by atoms with Gasteiger partial charge < -0.3 is 13.8 Å². The second kappa shape index (κ2) is 7.61. The van der Waals surface area contributed by atoms with Crippen molar-refractivity contribution in [3.8, 4) is 0 Å². The van der Waals surface area contributed by atoms with E-state index in [0.717, 1.165) is 36.3 Å². The molecule has 7 heteroatoms. The highest BCUT2D eigenvalue weighted by Crippen LogP contribution is 2.21. The first-order valence-corrected chi connectivity index (χ1v) is 10.4. The summed E-state index contributed by atoms with van der Waals surface area (Å²) < 4.78 is 6.31. The monoisotopic (exact) mass is 380 g/mol. The molecule has 0 unspecified atom stereocenters. The van der Waals surface area contributed by atoms with Gasteiger partial charge in [0.2, 0.25) is 0 Å². The van der Waals surface area contributed by atoms with Crippen LogP contribution in [0.15, 0.2) is 0 Å². The zero-order valence-electron chi connectivity index (χ0n) is 18.9. The van der Waals surface area contributed by atoms with Crippen LogP contribution < -0.4 is 0 Å². The Morgan fingerprint density at radius 3 is 0.964 bits per heavy atom. The summed E-state index contributed by atoms with van der Waals surface area (Å²) in [5.74, 6) is 0. The lowest BCUT2D eigenvalue weighted by Crippen LogP contribution is -2.46. The zero-order chi connectivity index (χ0) is 20.7. The third kappa shape index (κ3) is 3.01. The quantitative estimate of drug-likeness (QED) is 0.612. The van der Waals surface area contributed by atoms with Gasteiger partial charge in [0.25, 0.3) is 7.12 Å². The Hall–Kier alpha value is -2.31. The van der Waals surface area contributed by atoms with E-state index in [1.165, 1.54) is 33.8 Å². The van der Waals surface area contributed by atoms with Gasteiger partial charge in [-0.05, 0) is 94.6 Å². The Bertz CT molecular complexity index is 878. The van der Waals surface area contributed by atoms with Gasteiger partial charge in [-0.25, -0.2) is 15.3 Å². The van der Waals surface area contributed by atoms with Crippen LogP contribution in [0.1, 0.15) is 71.6 Å². The highest BCUT2D eigenvalue weighted by Gasteiger charge is 2.22. The first kappa shape index (κ1) is 20.4. The van der Waals surface area contributed by atoms with Crippen molar-refractivity contribution in [2.45, 2.75) is 81.6 Å². The van der Waals surface area contributed by atoms with Crippen molar-refractivity contribution in [3.63, 3.8) is 0 Å². The van der Waals surface area contributed by atoms with Gasteiger partial charge >= 0.3 is 0 Å². The van der Waals surface area contributed by atoms with Crippen molar-refractivity contribution < 1.29 is 0 Å². The van der Waals surface area contributed by atoms with Crippen LogP contribution in [0.4, 0.5) is 0 Å². The Morgan fingerprint density at radius 1 is 0.536 bits per heavy atom. The molecule has 0 aromatic carbocycles. The molecule has 0 aliphatic carbocycles. The molecule has 0 amide bonds. The molecular formula is C21H33BN6-. The minimum absolute atomic E-state index is 0.239. The summed E-state index contributed by atoms with van der Waals surface area (Å²) in [5, 5.41) is 14.8. The second-order valence-corrected chi connectivity index (χ2v) is 7.69. The lowest BCUT2D eigenvalue weighted by atomic mass is 9.91. The molecule has 0 aliphatic rings. The van der Waals surface area contributed by atoms with E-state index in [2.05, 4.69) is 76.1 Å². The maximum Gasteiger partial charge on any atom is 0.261 e. The molecule has 0 fully saturated rings. The number of rotatable bonds is 6. The number of nitrogens with zero attached hydrogens (tertiary/aromatic N) is 6. The minimum atomic E-state index is -0.239. The first-order chi connectivity index (χ1) is 13.3. The van der Waals surface area contributed by atoms with Crippen molar-refractivity contribution in [2.24, 2.45) is 0 Å². The Morgan fingerprint density at radius 2 is 0.786 bits per heavy atom. The van der Waals surface area contributed by atoms with Crippen LogP contribution in [-0.2, 0) is 19.3 Å². The number of aromatic nitrogens is 6. The summed E-state index contributed by atoms with van der Waals surface area (Å²) in [6.45, 7) is 19.3. The first-order valence-electron chi connectivity index (χ1n) is 10.4. The lowest BCUT2D eigenvalue weighted by molar-refractivity contribution is 0.729. The molecule has 0 saturated heterocycles. The van der Waals surface area contributed by atoms with E-state index in [0.29, 0.717) is 0 Å². The van der Waals surface area contributed by atoms with Gasteiger partial charge in [0, 0.05) is 0 Å². The molecule has 0 bridgehead atoms. The summed E-state index contributed by atoms with van der Waals surface area (Å²) in [4.78, 5) is 0. The van der Waals surface area contributed by atoms with E-state index in [-0.39, 0.29) is 7.12 Å². The van der Waals surface area contributed by atoms with Gasteiger partial charge in [0.15, 0.2) is 0 Å². The summed E-state index contributed by atoms with van der Waals surface area (Å²) >= 11 is 0. The van der Waals surface area contributed by atoms with E-state index < -0.39 is 0 Å². The van der Waals surface area contributed by atoms with Crippen molar-refractivity contribution in [1.82, 2.24) is 29.1 Å². The number of hydrogen-bond donors (Lipinski definition) is 0. The second-order valence-electron chi connectivity index (χ2n) is 7.69. The molecule has 3 aromatic heterocycles. The normalized spacial score (nSPS) is 11.8. The maximum absolute atomic E-state index is 4.94. The minimum Gasteiger partial charge on any atom is -0.422 e. The molecule has 0 aliphatic heterocycles.